The van der Waals surface area contributed by atoms with E-state index in [9.17, 15) is 13.2 Å². The molecule has 0 saturated carbocycles. The van der Waals surface area contributed by atoms with Gasteiger partial charge in [0.15, 0.2) is 0 Å². The molecule has 0 spiro atoms. The fourth-order valence-corrected chi connectivity index (χ4v) is 4.37. The van der Waals surface area contributed by atoms with Crippen LogP contribution in [0.2, 0.25) is 0 Å². The molecule has 0 fully saturated rings. The van der Waals surface area contributed by atoms with Gasteiger partial charge in [-0.1, -0.05) is 56.7 Å². The molecule has 6 heteroatoms. The Labute approximate surface area is 161 Å². The number of hydrogen-bond donors (Lipinski definition) is 1. The fourth-order valence-electron chi connectivity index (χ4n) is 3.18. The first-order valence-corrected chi connectivity index (χ1v) is 10.7. The lowest BCUT2D eigenvalue weighted by Gasteiger charge is -2.26. The monoisotopic (exact) mass is 386 g/mol. The Morgan fingerprint density at radius 2 is 1.78 bits per heavy atom. The molecule has 1 aliphatic heterocycles. The summed E-state index contributed by atoms with van der Waals surface area (Å²) < 4.78 is 27.7. The molecule has 0 atom stereocenters. The Hall–Kier alpha value is -2.34. The molecular formula is C21H26N2O3S. The summed E-state index contributed by atoms with van der Waals surface area (Å²) in [6, 6.07) is 12.9. The van der Waals surface area contributed by atoms with E-state index in [-0.39, 0.29) is 11.7 Å². The van der Waals surface area contributed by atoms with E-state index in [4.69, 9.17) is 0 Å². The molecule has 27 heavy (non-hydrogen) atoms. The number of sulfonamides is 1. The average molecular weight is 387 g/mol. The summed E-state index contributed by atoms with van der Waals surface area (Å²) in [7, 11) is -3.54. The SMILES string of the molecule is Cc1ccc(CS(=O)(=O)Nc2ccc3c(c2)N(C(=O)C(C)(C)C)CC3)cc1. The highest BCUT2D eigenvalue weighted by Crippen LogP contribution is 2.34. The van der Waals surface area contributed by atoms with E-state index in [1.165, 1.54) is 0 Å². The molecule has 1 aliphatic rings. The molecule has 1 N–H and O–H groups in total. The number of aryl methyl sites for hydroxylation is 1. The van der Waals surface area contributed by atoms with Crippen molar-refractivity contribution in [3.63, 3.8) is 0 Å². The van der Waals surface area contributed by atoms with Crippen molar-refractivity contribution in [1.82, 2.24) is 0 Å². The molecule has 0 saturated heterocycles. The zero-order valence-corrected chi connectivity index (χ0v) is 17.1. The number of nitrogens with zero attached hydrogens (tertiary/aromatic N) is 1. The molecule has 0 aliphatic carbocycles. The second-order valence-corrected chi connectivity index (χ2v) is 9.87. The summed E-state index contributed by atoms with van der Waals surface area (Å²) in [6.07, 6.45) is 0.785. The van der Waals surface area contributed by atoms with Crippen LogP contribution in [0.1, 0.15) is 37.5 Å². The zero-order valence-electron chi connectivity index (χ0n) is 16.2. The van der Waals surface area contributed by atoms with Crippen LogP contribution in [0.4, 0.5) is 11.4 Å². The van der Waals surface area contributed by atoms with E-state index in [1.807, 2.05) is 58.0 Å². The van der Waals surface area contributed by atoms with Gasteiger partial charge in [-0.2, -0.15) is 0 Å². The van der Waals surface area contributed by atoms with Crippen molar-refractivity contribution < 1.29 is 13.2 Å². The highest BCUT2D eigenvalue weighted by atomic mass is 32.2. The molecule has 0 bridgehead atoms. The lowest BCUT2D eigenvalue weighted by atomic mass is 9.94. The van der Waals surface area contributed by atoms with Gasteiger partial charge in [-0.25, -0.2) is 8.42 Å². The quantitative estimate of drug-likeness (QED) is 0.867. The van der Waals surface area contributed by atoms with Gasteiger partial charge in [0, 0.05) is 17.6 Å². The maximum absolute atomic E-state index is 12.7. The van der Waals surface area contributed by atoms with Crippen molar-refractivity contribution in [3.05, 3.63) is 59.2 Å². The van der Waals surface area contributed by atoms with E-state index >= 15 is 0 Å². The molecule has 1 heterocycles. The lowest BCUT2D eigenvalue weighted by Crippen LogP contribution is -2.38. The second-order valence-electron chi connectivity index (χ2n) is 8.15. The number of carbonyl (C=O) groups is 1. The van der Waals surface area contributed by atoms with E-state index in [2.05, 4.69) is 4.72 Å². The van der Waals surface area contributed by atoms with Gasteiger partial charge in [-0.3, -0.25) is 9.52 Å². The van der Waals surface area contributed by atoms with Crippen LogP contribution in [-0.2, 0) is 27.0 Å². The summed E-state index contributed by atoms with van der Waals surface area (Å²) >= 11 is 0. The Morgan fingerprint density at radius 1 is 1.11 bits per heavy atom. The van der Waals surface area contributed by atoms with Gasteiger partial charge in [0.05, 0.1) is 11.4 Å². The van der Waals surface area contributed by atoms with Crippen LogP contribution >= 0.6 is 0 Å². The number of amides is 1. The van der Waals surface area contributed by atoms with E-state index in [0.29, 0.717) is 12.2 Å². The summed E-state index contributed by atoms with van der Waals surface area (Å²) in [5.41, 5.74) is 3.68. The van der Waals surface area contributed by atoms with Crippen LogP contribution in [0.25, 0.3) is 0 Å². The van der Waals surface area contributed by atoms with Crippen LogP contribution < -0.4 is 9.62 Å². The Kier molecular flexibility index (Phi) is 5.04. The van der Waals surface area contributed by atoms with Gasteiger partial charge in [-0.05, 0) is 36.6 Å². The third-order valence-electron chi connectivity index (χ3n) is 4.62. The summed E-state index contributed by atoms with van der Waals surface area (Å²) in [4.78, 5) is 14.4. The van der Waals surface area contributed by atoms with Crippen molar-refractivity contribution in [1.29, 1.82) is 0 Å². The summed E-state index contributed by atoms with van der Waals surface area (Å²) in [6.45, 7) is 8.26. The van der Waals surface area contributed by atoms with Crippen molar-refractivity contribution in [3.8, 4) is 0 Å². The van der Waals surface area contributed by atoms with Gasteiger partial charge >= 0.3 is 0 Å². The minimum absolute atomic E-state index is 0.0425. The smallest absolute Gasteiger partial charge is 0.236 e. The van der Waals surface area contributed by atoms with Crippen LogP contribution in [0.15, 0.2) is 42.5 Å². The predicted molar refractivity (Wildman–Crippen MR) is 109 cm³/mol. The molecule has 0 aromatic heterocycles. The van der Waals surface area contributed by atoms with E-state index < -0.39 is 15.4 Å². The average Bonchev–Trinajstić information content (AvgIpc) is 2.97. The standard InChI is InChI=1S/C21H26N2O3S/c1-15-5-7-16(8-6-15)14-27(25,26)22-18-10-9-17-11-12-23(19(17)13-18)20(24)21(2,3)4/h5-10,13,22H,11-12,14H2,1-4H3. The second kappa shape index (κ2) is 7.00. The maximum Gasteiger partial charge on any atom is 0.236 e. The first-order chi connectivity index (χ1) is 12.5. The largest absolute Gasteiger partial charge is 0.311 e. The fraction of sp³-hybridized carbons (Fsp3) is 0.381. The highest BCUT2D eigenvalue weighted by molar-refractivity contribution is 7.91. The molecule has 0 unspecified atom stereocenters. The summed E-state index contributed by atoms with van der Waals surface area (Å²) in [5, 5.41) is 0. The van der Waals surface area contributed by atoms with E-state index in [1.54, 1.807) is 17.0 Å². The molecule has 1 amide bonds. The third kappa shape index (κ3) is 4.50. The van der Waals surface area contributed by atoms with Gasteiger partial charge in [0.25, 0.3) is 0 Å². The number of fused-ring (bicyclic) bond motifs is 1. The normalized spacial score (nSPS) is 14.1. The predicted octanol–water partition coefficient (Wildman–Crippen LogP) is 3.87. The molecule has 2 aromatic rings. The van der Waals surface area contributed by atoms with E-state index in [0.717, 1.165) is 28.8 Å². The molecule has 0 radical (unpaired) electrons. The lowest BCUT2D eigenvalue weighted by molar-refractivity contribution is -0.125. The Morgan fingerprint density at radius 3 is 2.41 bits per heavy atom. The highest BCUT2D eigenvalue weighted by Gasteiger charge is 2.32. The van der Waals surface area contributed by atoms with Gasteiger partial charge in [0.2, 0.25) is 15.9 Å². The van der Waals surface area contributed by atoms with Crippen molar-refractivity contribution in [2.45, 2.75) is 39.9 Å². The Balaban J connectivity index is 1.80. The van der Waals surface area contributed by atoms with Crippen LogP contribution in [0, 0.1) is 12.3 Å². The van der Waals surface area contributed by atoms with Crippen LogP contribution in [0.5, 0.6) is 0 Å². The number of nitrogens with one attached hydrogen (secondary N) is 1. The Bertz CT molecular complexity index is 958. The topological polar surface area (TPSA) is 66.5 Å². The molecule has 3 rings (SSSR count). The van der Waals surface area contributed by atoms with Crippen molar-refractivity contribution >= 4 is 27.3 Å². The number of rotatable bonds is 4. The molecular weight excluding hydrogens is 360 g/mol. The van der Waals surface area contributed by atoms with Gasteiger partial charge in [0.1, 0.15) is 0 Å². The maximum atomic E-state index is 12.7. The first kappa shape index (κ1) is 19.4. The van der Waals surface area contributed by atoms with Crippen LogP contribution in [-0.4, -0.2) is 20.9 Å². The van der Waals surface area contributed by atoms with Gasteiger partial charge < -0.3 is 4.90 Å². The zero-order chi connectivity index (χ0) is 19.8. The van der Waals surface area contributed by atoms with Crippen molar-refractivity contribution in [2.24, 2.45) is 5.41 Å². The third-order valence-corrected chi connectivity index (χ3v) is 5.88. The number of hydrogen-bond acceptors (Lipinski definition) is 3. The van der Waals surface area contributed by atoms with Crippen LogP contribution in [0.3, 0.4) is 0 Å². The summed E-state index contributed by atoms with van der Waals surface area (Å²) in [5.74, 6) is -0.0458. The first-order valence-electron chi connectivity index (χ1n) is 9.06. The number of anilines is 2. The minimum atomic E-state index is -3.54. The van der Waals surface area contributed by atoms with Crippen molar-refractivity contribution in [2.75, 3.05) is 16.2 Å². The molecule has 2 aromatic carbocycles. The number of carbonyl (C=O) groups excluding carboxylic acids is 1. The van der Waals surface area contributed by atoms with Gasteiger partial charge in [-0.15, -0.1) is 0 Å². The number of benzene rings is 2. The molecule has 144 valence electrons. The molecule has 5 nitrogen and oxygen atoms in total. The minimum Gasteiger partial charge on any atom is -0.311 e.